The quantitative estimate of drug-likeness (QED) is 0.304. The van der Waals surface area contributed by atoms with E-state index in [4.69, 9.17) is 5.41 Å². The fourth-order valence-corrected chi connectivity index (χ4v) is 5.03. The summed E-state index contributed by atoms with van der Waals surface area (Å²) in [5.74, 6) is 1.11. The number of nitrogens with one attached hydrogen (secondary N) is 2. The van der Waals surface area contributed by atoms with Crippen molar-refractivity contribution in [1.29, 1.82) is 5.41 Å². The van der Waals surface area contributed by atoms with Crippen LogP contribution in [-0.2, 0) is 7.05 Å². The summed E-state index contributed by atoms with van der Waals surface area (Å²) in [6.45, 7) is 4.22. The number of amidine groups is 1. The van der Waals surface area contributed by atoms with E-state index in [-0.39, 0.29) is 11.9 Å². The highest BCUT2D eigenvalue weighted by atomic mass is 32.2. The van der Waals surface area contributed by atoms with Crippen molar-refractivity contribution in [3.63, 3.8) is 0 Å². The van der Waals surface area contributed by atoms with Crippen molar-refractivity contribution >= 4 is 29.9 Å². The number of benzene rings is 1. The molecule has 9 nitrogen and oxygen atoms in total. The van der Waals surface area contributed by atoms with Gasteiger partial charge in [0.25, 0.3) is 0 Å². The Morgan fingerprint density at radius 3 is 2.69 bits per heavy atom. The Morgan fingerprint density at radius 2 is 2.00 bits per heavy atom. The van der Waals surface area contributed by atoms with Crippen molar-refractivity contribution in [1.82, 2.24) is 29.6 Å². The Labute approximate surface area is 212 Å². The number of rotatable bonds is 6. The molecule has 11 heteroatoms. The molecule has 1 aliphatic rings. The van der Waals surface area contributed by atoms with E-state index in [1.807, 2.05) is 37.8 Å². The highest BCUT2D eigenvalue weighted by Gasteiger charge is 2.28. The van der Waals surface area contributed by atoms with Crippen molar-refractivity contribution in [2.75, 3.05) is 24.5 Å². The van der Waals surface area contributed by atoms with Gasteiger partial charge < -0.3 is 14.8 Å². The average molecular weight is 504 g/mol. The first-order chi connectivity index (χ1) is 17.5. The Kier molecular flexibility index (Phi) is 6.81. The molecule has 0 unspecified atom stereocenters. The maximum Gasteiger partial charge on any atom is 0.225 e. The summed E-state index contributed by atoms with van der Waals surface area (Å²) in [7, 11) is 1.89. The number of nitrogens with zero attached hydrogens (tertiary/aromatic N) is 7. The van der Waals surface area contributed by atoms with Gasteiger partial charge in [0.05, 0.1) is 11.9 Å². The predicted molar refractivity (Wildman–Crippen MR) is 139 cm³/mol. The number of piperazine rings is 1. The van der Waals surface area contributed by atoms with Gasteiger partial charge in [0, 0.05) is 78.4 Å². The molecule has 1 saturated heterocycles. The number of halogens is 1. The van der Waals surface area contributed by atoms with E-state index in [1.165, 1.54) is 17.8 Å². The van der Waals surface area contributed by atoms with Crippen LogP contribution in [0.4, 0.5) is 10.3 Å². The second-order valence-electron chi connectivity index (χ2n) is 8.53. The minimum absolute atomic E-state index is 0.118. The van der Waals surface area contributed by atoms with Gasteiger partial charge in [0.15, 0.2) is 5.84 Å². The van der Waals surface area contributed by atoms with Crippen LogP contribution in [0.25, 0.3) is 11.1 Å². The maximum absolute atomic E-state index is 14.0. The predicted octanol–water partition coefficient (Wildman–Crippen LogP) is 4.06. The monoisotopic (exact) mass is 503 g/mol. The van der Waals surface area contributed by atoms with Crippen molar-refractivity contribution in [2.24, 2.45) is 12.0 Å². The minimum Gasteiger partial charge on any atom is -0.358 e. The number of hydrogen-bond donors (Lipinski definition) is 2. The Balaban J connectivity index is 1.27. The lowest BCUT2D eigenvalue weighted by molar-refractivity contribution is 0.335. The number of H-pyrrole nitrogens is 1. The van der Waals surface area contributed by atoms with E-state index in [0.717, 1.165) is 33.9 Å². The molecule has 0 bridgehead atoms. The molecular weight excluding hydrogens is 477 g/mol. The molecule has 5 rings (SSSR count). The normalized spacial score (nSPS) is 16.4. The molecule has 4 heterocycles. The molecule has 0 saturated carbocycles. The maximum atomic E-state index is 14.0. The molecule has 3 aromatic heterocycles. The van der Waals surface area contributed by atoms with E-state index < -0.39 is 0 Å². The lowest BCUT2D eigenvalue weighted by Gasteiger charge is -2.41. The molecule has 1 aromatic carbocycles. The molecular formula is C25H26FN9S. The van der Waals surface area contributed by atoms with Crippen LogP contribution < -0.4 is 4.90 Å². The molecule has 0 radical (unpaired) electrons. The zero-order valence-electron chi connectivity index (χ0n) is 20.0. The topological polar surface area (TPSA) is 102 Å². The zero-order chi connectivity index (χ0) is 25.1. The minimum atomic E-state index is -0.256. The van der Waals surface area contributed by atoms with Crippen molar-refractivity contribution in [3.8, 4) is 11.1 Å². The van der Waals surface area contributed by atoms with Crippen LogP contribution in [0.15, 0.2) is 76.1 Å². The summed E-state index contributed by atoms with van der Waals surface area (Å²) in [6.07, 6.45) is 10.3. The third kappa shape index (κ3) is 5.01. The van der Waals surface area contributed by atoms with Gasteiger partial charge in [0.2, 0.25) is 5.95 Å². The summed E-state index contributed by atoms with van der Waals surface area (Å²) in [6, 6.07) is 8.82. The Hall–Kier alpha value is -3.99. The summed E-state index contributed by atoms with van der Waals surface area (Å²) in [5, 5.41) is 11.8. The fraction of sp³-hybridized carbons (Fsp3) is 0.240. The Morgan fingerprint density at radius 1 is 1.19 bits per heavy atom. The molecule has 4 aromatic rings. The van der Waals surface area contributed by atoms with Crippen molar-refractivity contribution < 1.29 is 4.39 Å². The van der Waals surface area contributed by atoms with Crippen LogP contribution >= 0.6 is 11.8 Å². The summed E-state index contributed by atoms with van der Waals surface area (Å²) >= 11 is 1.31. The van der Waals surface area contributed by atoms with E-state index in [2.05, 4.69) is 41.8 Å². The van der Waals surface area contributed by atoms with E-state index >= 15 is 0 Å². The first-order valence-electron chi connectivity index (χ1n) is 11.5. The number of aryl methyl sites for hydroxylation is 1. The molecule has 0 aliphatic carbocycles. The highest BCUT2D eigenvalue weighted by molar-refractivity contribution is 7.99. The van der Waals surface area contributed by atoms with Crippen LogP contribution in [0, 0.1) is 11.2 Å². The van der Waals surface area contributed by atoms with Gasteiger partial charge in [-0.2, -0.15) is 5.10 Å². The number of anilines is 1. The van der Waals surface area contributed by atoms with Gasteiger partial charge in [-0.25, -0.2) is 19.4 Å². The first kappa shape index (κ1) is 23.7. The van der Waals surface area contributed by atoms with Crippen LogP contribution in [0.5, 0.6) is 0 Å². The number of hydrogen-bond acceptors (Lipinski definition) is 6. The van der Waals surface area contributed by atoms with E-state index in [0.29, 0.717) is 30.5 Å². The molecule has 0 amide bonds. The second kappa shape index (κ2) is 10.3. The summed E-state index contributed by atoms with van der Waals surface area (Å²) in [5.41, 5.74) is 2.88. The van der Waals surface area contributed by atoms with Gasteiger partial charge in [-0.3, -0.25) is 10.1 Å². The lowest BCUT2D eigenvalue weighted by atomic mass is 10.1. The molecule has 0 spiro atoms. The molecule has 1 fully saturated rings. The number of aliphatic imine (C=N–C) groups is 1. The van der Waals surface area contributed by atoms with E-state index in [9.17, 15) is 4.39 Å². The Bertz CT molecular complexity index is 1380. The summed E-state index contributed by atoms with van der Waals surface area (Å²) in [4.78, 5) is 22.4. The van der Waals surface area contributed by atoms with Crippen LogP contribution in [0.3, 0.4) is 0 Å². The largest absolute Gasteiger partial charge is 0.358 e. The smallest absolute Gasteiger partial charge is 0.225 e. The molecule has 184 valence electrons. The molecule has 36 heavy (non-hydrogen) atoms. The average Bonchev–Trinajstić information content (AvgIpc) is 3.54. The second-order valence-corrected chi connectivity index (χ2v) is 9.64. The SMILES string of the molecule is C[C@@H]1CN(/C(=N/C=N)c2cc(-c3cnn(C)c3)c[nH]2)CCN1c1ncc(Sc2ccccc2F)cn1. The van der Waals surface area contributed by atoms with Crippen molar-refractivity contribution in [3.05, 3.63) is 72.8 Å². The zero-order valence-corrected chi connectivity index (χ0v) is 20.8. The van der Waals surface area contributed by atoms with Crippen LogP contribution in [0.2, 0.25) is 0 Å². The van der Waals surface area contributed by atoms with E-state index in [1.54, 1.807) is 29.2 Å². The standard InChI is InChI=1S/C25H26FN9S/c1-17-14-34(24(31-16-27)22-9-18(10-28-22)19-11-32-33(2)15-19)7-8-35(17)25-29-12-20(13-30-25)36-23-6-4-3-5-21(23)26/h3-6,9-13,15-17,27-28H,7-8,14H2,1-2H3/b27-16?,31-24+/t17-/m1/s1. The van der Waals surface area contributed by atoms with Crippen LogP contribution in [0.1, 0.15) is 12.6 Å². The van der Waals surface area contributed by atoms with Gasteiger partial charge >= 0.3 is 0 Å². The van der Waals surface area contributed by atoms with Gasteiger partial charge in [-0.1, -0.05) is 23.9 Å². The molecule has 1 atom stereocenters. The molecule has 1 aliphatic heterocycles. The third-order valence-electron chi connectivity index (χ3n) is 6.01. The van der Waals surface area contributed by atoms with Crippen LogP contribution in [-0.4, -0.2) is 67.5 Å². The lowest BCUT2D eigenvalue weighted by Crippen LogP contribution is -2.54. The fourth-order valence-electron chi connectivity index (χ4n) is 4.26. The molecule has 2 N–H and O–H groups in total. The van der Waals surface area contributed by atoms with Gasteiger partial charge in [0.1, 0.15) is 12.2 Å². The summed E-state index contributed by atoms with van der Waals surface area (Å²) < 4.78 is 15.7. The third-order valence-corrected chi connectivity index (χ3v) is 7.01. The first-order valence-corrected chi connectivity index (χ1v) is 12.3. The van der Waals surface area contributed by atoms with Gasteiger partial charge in [-0.15, -0.1) is 0 Å². The van der Waals surface area contributed by atoms with Crippen molar-refractivity contribution in [2.45, 2.75) is 22.8 Å². The number of aromatic nitrogens is 5. The number of aromatic amines is 1. The van der Waals surface area contributed by atoms with Gasteiger partial charge in [-0.05, 0) is 25.1 Å². The highest BCUT2D eigenvalue weighted by Crippen LogP contribution is 2.29.